The van der Waals surface area contributed by atoms with Gasteiger partial charge in [0.05, 0.1) is 5.39 Å². The van der Waals surface area contributed by atoms with E-state index in [0.717, 1.165) is 19.3 Å². The molecular weight excluding hydrogens is 423 g/mol. The van der Waals surface area contributed by atoms with E-state index in [1.54, 1.807) is 31.3 Å². The summed E-state index contributed by atoms with van der Waals surface area (Å²) in [5.74, 6) is -0.719. The predicted octanol–water partition coefficient (Wildman–Crippen LogP) is 4.76. The van der Waals surface area contributed by atoms with E-state index in [-0.39, 0.29) is 29.5 Å². The predicted molar refractivity (Wildman–Crippen MR) is 114 cm³/mol. The second-order valence-electron chi connectivity index (χ2n) is 7.48. The summed E-state index contributed by atoms with van der Waals surface area (Å²) < 4.78 is 42.2. The van der Waals surface area contributed by atoms with Crippen molar-refractivity contribution in [3.8, 4) is 5.75 Å². The van der Waals surface area contributed by atoms with Crippen molar-refractivity contribution in [2.45, 2.75) is 45.6 Å². The molecule has 0 aliphatic carbocycles. The number of carbonyl (C=O) groups is 1. The Morgan fingerprint density at radius 1 is 1.06 bits per heavy atom. The van der Waals surface area contributed by atoms with Gasteiger partial charge in [-0.3, -0.25) is 9.59 Å². The maximum absolute atomic E-state index is 13.2. The number of ether oxygens (including phenoxy) is 1. The molecule has 0 spiro atoms. The summed E-state index contributed by atoms with van der Waals surface area (Å²) in [6, 6.07) is 12.1. The second kappa shape index (κ2) is 9.84. The number of halogens is 3. The highest BCUT2D eigenvalue weighted by molar-refractivity contribution is 6.04. The highest BCUT2D eigenvalue weighted by Gasteiger charge is 2.31. The van der Waals surface area contributed by atoms with Crippen molar-refractivity contribution >= 4 is 16.7 Å². The molecule has 0 fully saturated rings. The molecule has 1 amide bonds. The van der Waals surface area contributed by atoms with Gasteiger partial charge in [-0.15, -0.1) is 13.2 Å². The number of carbonyl (C=O) groups excluding carboxylic acids is 1. The van der Waals surface area contributed by atoms with Gasteiger partial charge in [-0.05, 0) is 30.2 Å². The van der Waals surface area contributed by atoms with Crippen LogP contribution in [-0.4, -0.2) is 34.0 Å². The Morgan fingerprint density at radius 3 is 2.34 bits per heavy atom. The molecular formula is C23H24F3N3O3. The molecule has 9 heteroatoms. The molecule has 32 heavy (non-hydrogen) atoms. The van der Waals surface area contributed by atoms with Crippen molar-refractivity contribution in [3.05, 3.63) is 70.1 Å². The number of aryl methyl sites for hydroxylation is 1. The molecule has 0 bridgehead atoms. The van der Waals surface area contributed by atoms with Crippen LogP contribution in [0.3, 0.4) is 0 Å². The summed E-state index contributed by atoms with van der Waals surface area (Å²) >= 11 is 0. The van der Waals surface area contributed by atoms with Crippen LogP contribution in [0, 0.1) is 0 Å². The number of aromatic nitrogens is 2. The molecule has 2 aromatic carbocycles. The third-order valence-corrected chi connectivity index (χ3v) is 4.97. The van der Waals surface area contributed by atoms with Crippen LogP contribution in [0.4, 0.5) is 13.2 Å². The van der Waals surface area contributed by atoms with Crippen molar-refractivity contribution < 1.29 is 22.7 Å². The zero-order chi connectivity index (χ0) is 23.3. The van der Waals surface area contributed by atoms with E-state index in [1.165, 1.54) is 33.8 Å². The van der Waals surface area contributed by atoms with Gasteiger partial charge in [-0.2, -0.15) is 5.10 Å². The minimum absolute atomic E-state index is 0.149. The quantitative estimate of drug-likeness (QED) is 0.467. The van der Waals surface area contributed by atoms with Gasteiger partial charge in [0, 0.05) is 25.5 Å². The molecule has 0 aliphatic rings. The zero-order valence-corrected chi connectivity index (χ0v) is 17.9. The highest BCUT2D eigenvalue weighted by Crippen LogP contribution is 2.23. The van der Waals surface area contributed by atoms with Crippen LogP contribution in [0.25, 0.3) is 10.8 Å². The number of amides is 1. The van der Waals surface area contributed by atoms with E-state index in [0.29, 0.717) is 22.9 Å². The summed E-state index contributed by atoms with van der Waals surface area (Å²) in [7, 11) is 1.57. The number of alkyl halides is 3. The number of fused-ring (bicyclic) bond motifs is 1. The first-order valence-electron chi connectivity index (χ1n) is 10.3. The van der Waals surface area contributed by atoms with E-state index >= 15 is 0 Å². The van der Waals surface area contributed by atoms with Gasteiger partial charge in [0.25, 0.3) is 11.5 Å². The smallest absolute Gasteiger partial charge is 0.406 e. The van der Waals surface area contributed by atoms with Crippen LogP contribution in [0.5, 0.6) is 5.75 Å². The number of benzene rings is 2. The van der Waals surface area contributed by atoms with Gasteiger partial charge < -0.3 is 9.64 Å². The molecule has 0 saturated carbocycles. The number of hydrogen-bond acceptors (Lipinski definition) is 4. The molecule has 1 aromatic heterocycles. The van der Waals surface area contributed by atoms with Crippen LogP contribution in [0.1, 0.15) is 42.2 Å². The van der Waals surface area contributed by atoms with Crippen LogP contribution in [-0.2, 0) is 13.1 Å². The molecule has 3 rings (SSSR count). The standard InChI is InChI=1S/C23H24F3N3O3/c1-3-4-7-14-29-21(30)19-9-6-5-8-18(19)20(27-29)22(31)28(2)15-16-10-12-17(13-11-16)32-23(24,25)26/h5-6,8-13H,3-4,7,14-15H2,1-2H3. The van der Waals surface area contributed by atoms with Crippen molar-refractivity contribution in [3.63, 3.8) is 0 Å². The SMILES string of the molecule is CCCCCn1nc(C(=O)N(C)Cc2ccc(OC(F)(F)F)cc2)c2ccccc2c1=O. The second-order valence-corrected chi connectivity index (χ2v) is 7.48. The summed E-state index contributed by atoms with van der Waals surface area (Å²) in [6.07, 6.45) is -2.05. The van der Waals surface area contributed by atoms with Gasteiger partial charge in [0.2, 0.25) is 0 Å². The maximum Gasteiger partial charge on any atom is 0.573 e. The van der Waals surface area contributed by atoms with Gasteiger partial charge >= 0.3 is 6.36 Å². The van der Waals surface area contributed by atoms with E-state index in [1.807, 2.05) is 0 Å². The molecule has 0 atom stereocenters. The van der Waals surface area contributed by atoms with Crippen molar-refractivity contribution in [2.75, 3.05) is 7.05 Å². The normalized spacial score (nSPS) is 11.5. The fraction of sp³-hybridized carbons (Fsp3) is 0.348. The molecule has 1 heterocycles. The summed E-state index contributed by atoms with van der Waals surface area (Å²) in [5.41, 5.74) is 0.545. The molecule has 0 unspecified atom stereocenters. The largest absolute Gasteiger partial charge is 0.573 e. The van der Waals surface area contributed by atoms with Gasteiger partial charge in [0.15, 0.2) is 5.69 Å². The Hall–Kier alpha value is -3.36. The lowest BCUT2D eigenvalue weighted by Crippen LogP contribution is -2.32. The lowest BCUT2D eigenvalue weighted by molar-refractivity contribution is -0.274. The van der Waals surface area contributed by atoms with Crippen LogP contribution in [0.2, 0.25) is 0 Å². The van der Waals surface area contributed by atoms with E-state index in [4.69, 9.17) is 0 Å². The minimum atomic E-state index is -4.76. The maximum atomic E-state index is 13.2. The first-order chi connectivity index (χ1) is 15.2. The zero-order valence-electron chi connectivity index (χ0n) is 17.9. The lowest BCUT2D eigenvalue weighted by Gasteiger charge is -2.19. The molecule has 0 aliphatic heterocycles. The molecule has 0 saturated heterocycles. The first kappa shape index (κ1) is 23.3. The molecule has 0 radical (unpaired) electrons. The monoisotopic (exact) mass is 447 g/mol. The van der Waals surface area contributed by atoms with Crippen molar-refractivity contribution in [2.24, 2.45) is 0 Å². The van der Waals surface area contributed by atoms with E-state index in [9.17, 15) is 22.8 Å². The Labute approximate surface area is 183 Å². The van der Waals surface area contributed by atoms with Crippen molar-refractivity contribution in [1.82, 2.24) is 14.7 Å². The van der Waals surface area contributed by atoms with Crippen LogP contribution < -0.4 is 10.3 Å². The number of nitrogens with zero attached hydrogens (tertiary/aromatic N) is 3. The fourth-order valence-corrected chi connectivity index (χ4v) is 3.38. The number of hydrogen-bond donors (Lipinski definition) is 0. The fourth-order valence-electron chi connectivity index (χ4n) is 3.38. The summed E-state index contributed by atoms with van der Waals surface area (Å²) in [4.78, 5) is 27.4. The van der Waals surface area contributed by atoms with Gasteiger partial charge in [-0.25, -0.2) is 4.68 Å². The molecule has 3 aromatic rings. The third kappa shape index (κ3) is 5.66. The molecule has 0 N–H and O–H groups in total. The first-order valence-corrected chi connectivity index (χ1v) is 10.3. The van der Waals surface area contributed by atoms with Gasteiger partial charge in [0.1, 0.15) is 5.75 Å². The number of rotatable bonds is 8. The minimum Gasteiger partial charge on any atom is -0.406 e. The Balaban J connectivity index is 1.85. The van der Waals surface area contributed by atoms with Crippen molar-refractivity contribution in [1.29, 1.82) is 0 Å². The van der Waals surface area contributed by atoms with Crippen LogP contribution in [0.15, 0.2) is 53.3 Å². The Kier molecular flexibility index (Phi) is 7.17. The Bertz CT molecular complexity index is 1140. The molecule has 6 nitrogen and oxygen atoms in total. The summed E-state index contributed by atoms with van der Waals surface area (Å²) in [5, 5.41) is 5.25. The lowest BCUT2D eigenvalue weighted by atomic mass is 10.1. The topological polar surface area (TPSA) is 64.4 Å². The van der Waals surface area contributed by atoms with Crippen LogP contribution >= 0.6 is 0 Å². The highest BCUT2D eigenvalue weighted by atomic mass is 19.4. The van der Waals surface area contributed by atoms with E-state index in [2.05, 4.69) is 16.8 Å². The average Bonchev–Trinajstić information content (AvgIpc) is 2.75. The summed E-state index contributed by atoms with van der Waals surface area (Å²) in [6.45, 7) is 2.63. The molecule has 170 valence electrons. The number of unbranched alkanes of at least 4 members (excludes halogenated alkanes) is 2. The van der Waals surface area contributed by atoms with E-state index < -0.39 is 6.36 Å². The Morgan fingerprint density at radius 2 is 1.72 bits per heavy atom. The van der Waals surface area contributed by atoms with Gasteiger partial charge in [-0.1, -0.05) is 50.1 Å². The third-order valence-electron chi connectivity index (χ3n) is 4.97. The average molecular weight is 447 g/mol.